The summed E-state index contributed by atoms with van der Waals surface area (Å²) in [5, 5.41) is 8.14. The molecule has 5 nitrogen and oxygen atoms in total. The maximum Gasteiger partial charge on any atom is 0.366 e. The maximum absolute atomic E-state index is 12.4. The van der Waals surface area contributed by atoms with Crippen LogP contribution < -0.4 is 4.74 Å². The second kappa shape index (κ2) is 7.95. The van der Waals surface area contributed by atoms with E-state index in [-0.39, 0.29) is 5.69 Å². The van der Waals surface area contributed by atoms with Crippen LogP contribution >= 0.6 is 0 Å². The van der Waals surface area contributed by atoms with E-state index in [0.717, 1.165) is 17.7 Å². The van der Waals surface area contributed by atoms with Gasteiger partial charge < -0.3 is 4.74 Å². The molecule has 2 aromatic carbocycles. The lowest BCUT2D eigenvalue weighted by Gasteiger charge is -2.06. The Morgan fingerprint density at radius 3 is 2.38 bits per heavy atom. The molecule has 1 heterocycles. The minimum Gasteiger partial charge on any atom is -0.422 e. The number of ether oxygens (including phenoxy) is 1. The SMILES string of the molecule is CCCCc1ccc(-n2nnc(C(=O)Oc3ccc(C)cc3)c2C)cc1. The highest BCUT2D eigenvalue weighted by Gasteiger charge is 2.19. The average molecular weight is 349 g/mol. The fourth-order valence-corrected chi connectivity index (χ4v) is 2.71. The number of aromatic nitrogens is 3. The molecular weight excluding hydrogens is 326 g/mol. The van der Waals surface area contributed by atoms with Crippen LogP contribution in [0.15, 0.2) is 48.5 Å². The first-order valence-corrected chi connectivity index (χ1v) is 8.89. The van der Waals surface area contributed by atoms with Crippen molar-refractivity contribution in [3.63, 3.8) is 0 Å². The first-order chi connectivity index (χ1) is 12.6. The molecule has 0 radical (unpaired) electrons. The predicted molar refractivity (Wildman–Crippen MR) is 101 cm³/mol. The summed E-state index contributed by atoms with van der Waals surface area (Å²) in [6, 6.07) is 15.5. The van der Waals surface area contributed by atoms with Gasteiger partial charge in [-0.25, -0.2) is 9.48 Å². The topological polar surface area (TPSA) is 57.0 Å². The quantitative estimate of drug-likeness (QED) is 0.487. The highest BCUT2D eigenvalue weighted by atomic mass is 16.5. The highest BCUT2D eigenvalue weighted by molar-refractivity contribution is 5.90. The Labute approximate surface area is 153 Å². The third kappa shape index (κ3) is 3.99. The van der Waals surface area contributed by atoms with Gasteiger partial charge in [0.25, 0.3) is 0 Å². The Kier molecular flexibility index (Phi) is 5.46. The molecule has 0 unspecified atom stereocenters. The van der Waals surface area contributed by atoms with Crippen LogP contribution in [0, 0.1) is 13.8 Å². The lowest BCUT2D eigenvalue weighted by molar-refractivity contribution is 0.0727. The van der Waals surface area contributed by atoms with E-state index in [1.165, 1.54) is 18.4 Å². The fourth-order valence-electron chi connectivity index (χ4n) is 2.71. The van der Waals surface area contributed by atoms with E-state index in [0.29, 0.717) is 11.4 Å². The van der Waals surface area contributed by atoms with Crippen LogP contribution in [0.4, 0.5) is 0 Å². The summed E-state index contributed by atoms with van der Waals surface area (Å²) in [5.41, 5.74) is 4.16. The molecule has 26 heavy (non-hydrogen) atoms. The molecule has 5 heteroatoms. The van der Waals surface area contributed by atoms with Gasteiger partial charge in [0.15, 0.2) is 5.69 Å². The van der Waals surface area contributed by atoms with Gasteiger partial charge in [-0.2, -0.15) is 0 Å². The molecule has 3 rings (SSSR count). The van der Waals surface area contributed by atoms with Crippen molar-refractivity contribution in [1.29, 1.82) is 0 Å². The lowest BCUT2D eigenvalue weighted by Crippen LogP contribution is -2.11. The van der Waals surface area contributed by atoms with Crippen molar-refractivity contribution in [3.8, 4) is 11.4 Å². The van der Waals surface area contributed by atoms with E-state index >= 15 is 0 Å². The van der Waals surface area contributed by atoms with Gasteiger partial charge >= 0.3 is 5.97 Å². The van der Waals surface area contributed by atoms with Gasteiger partial charge in [0, 0.05) is 0 Å². The van der Waals surface area contributed by atoms with Crippen LogP contribution in [0.25, 0.3) is 5.69 Å². The Morgan fingerprint density at radius 1 is 1.04 bits per heavy atom. The second-order valence-electron chi connectivity index (χ2n) is 6.41. The normalized spacial score (nSPS) is 10.7. The summed E-state index contributed by atoms with van der Waals surface area (Å²) in [4.78, 5) is 12.4. The number of carbonyl (C=O) groups excluding carboxylic acids is 1. The molecule has 0 fully saturated rings. The molecule has 0 saturated heterocycles. The summed E-state index contributed by atoms with van der Waals surface area (Å²) in [6.45, 7) is 5.98. The number of unbranched alkanes of at least 4 members (excludes halogenated alkanes) is 1. The number of carbonyl (C=O) groups is 1. The molecule has 0 N–H and O–H groups in total. The number of rotatable bonds is 6. The van der Waals surface area contributed by atoms with E-state index in [1.54, 1.807) is 16.8 Å². The number of aryl methyl sites for hydroxylation is 2. The third-order valence-corrected chi connectivity index (χ3v) is 4.32. The first-order valence-electron chi connectivity index (χ1n) is 8.89. The molecule has 0 aliphatic rings. The van der Waals surface area contributed by atoms with Gasteiger partial charge in [0.2, 0.25) is 0 Å². The second-order valence-corrected chi connectivity index (χ2v) is 6.41. The van der Waals surface area contributed by atoms with Crippen molar-refractivity contribution in [3.05, 3.63) is 71.0 Å². The molecule has 0 atom stereocenters. The maximum atomic E-state index is 12.4. The summed E-state index contributed by atoms with van der Waals surface area (Å²) in [5.74, 6) is -0.00741. The molecular formula is C21H23N3O2. The first kappa shape index (κ1) is 17.9. The van der Waals surface area contributed by atoms with Gasteiger partial charge in [-0.3, -0.25) is 0 Å². The number of hydrogen-bond acceptors (Lipinski definition) is 4. The Balaban J connectivity index is 1.76. The van der Waals surface area contributed by atoms with E-state index in [1.807, 2.05) is 38.1 Å². The molecule has 0 aliphatic heterocycles. The summed E-state index contributed by atoms with van der Waals surface area (Å²) in [6.07, 6.45) is 3.42. The molecule has 3 aromatic rings. The van der Waals surface area contributed by atoms with E-state index in [4.69, 9.17) is 4.74 Å². The largest absolute Gasteiger partial charge is 0.422 e. The third-order valence-electron chi connectivity index (χ3n) is 4.32. The molecule has 0 aliphatic carbocycles. The van der Waals surface area contributed by atoms with E-state index < -0.39 is 5.97 Å². The predicted octanol–water partition coefficient (Wildman–Crippen LogP) is 4.45. The van der Waals surface area contributed by atoms with Crippen LogP contribution in [-0.2, 0) is 6.42 Å². The minimum absolute atomic E-state index is 0.223. The van der Waals surface area contributed by atoms with Crippen molar-refractivity contribution in [1.82, 2.24) is 15.0 Å². The lowest BCUT2D eigenvalue weighted by atomic mass is 10.1. The zero-order chi connectivity index (χ0) is 18.5. The standard InChI is InChI=1S/C21H23N3O2/c1-4-5-6-17-9-11-18(12-10-17)24-16(3)20(22-23-24)21(25)26-19-13-7-15(2)8-14-19/h7-14H,4-6H2,1-3H3. The van der Waals surface area contributed by atoms with Gasteiger partial charge in [-0.05, 0) is 56.5 Å². The highest BCUT2D eigenvalue weighted by Crippen LogP contribution is 2.17. The van der Waals surface area contributed by atoms with E-state index in [2.05, 4.69) is 29.4 Å². The van der Waals surface area contributed by atoms with Gasteiger partial charge in [0.1, 0.15) is 5.75 Å². The van der Waals surface area contributed by atoms with Crippen molar-refractivity contribution >= 4 is 5.97 Å². The summed E-state index contributed by atoms with van der Waals surface area (Å²) >= 11 is 0. The molecule has 0 spiro atoms. The number of hydrogen-bond donors (Lipinski definition) is 0. The van der Waals surface area contributed by atoms with Crippen LogP contribution in [-0.4, -0.2) is 21.0 Å². The Bertz CT molecular complexity index is 881. The molecule has 0 bridgehead atoms. The molecule has 1 aromatic heterocycles. The Morgan fingerprint density at radius 2 is 1.73 bits per heavy atom. The van der Waals surface area contributed by atoms with Crippen LogP contribution in [0.1, 0.15) is 47.1 Å². The minimum atomic E-state index is -0.503. The Hall–Kier alpha value is -2.95. The average Bonchev–Trinajstić information content (AvgIpc) is 3.04. The fraction of sp³-hybridized carbons (Fsp3) is 0.286. The summed E-state index contributed by atoms with van der Waals surface area (Å²) in [7, 11) is 0. The zero-order valence-corrected chi connectivity index (χ0v) is 15.4. The molecule has 134 valence electrons. The number of esters is 1. The van der Waals surface area contributed by atoms with Crippen LogP contribution in [0.5, 0.6) is 5.75 Å². The smallest absolute Gasteiger partial charge is 0.366 e. The van der Waals surface area contributed by atoms with Gasteiger partial charge in [-0.15, -0.1) is 5.10 Å². The zero-order valence-electron chi connectivity index (χ0n) is 15.4. The van der Waals surface area contributed by atoms with Crippen LogP contribution in [0.2, 0.25) is 0 Å². The van der Waals surface area contributed by atoms with Crippen molar-refractivity contribution in [2.75, 3.05) is 0 Å². The number of nitrogens with zero attached hydrogens (tertiary/aromatic N) is 3. The molecule has 0 amide bonds. The van der Waals surface area contributed by atoms with Crippen molar-refractivity contribution in [2.24, 2.45) is 0 Å². The van der Waals surface area contributed by atoms with Gasteiger partial charge in [-0.1, -0.05) is 48.4 Å². The summed E-state index contributed by atoms with van der Waals surface area (Å²) < 4.78 is 7.06. The van der Waals surface area contributed by atoms with Gasteiger partial charge in [0.05, 0.1) is 11.4 Å². The van der Waals surface area contributed by atoms with Crippen molar-refractivity contribution in [2.45, 2.75) is 40.0 Å². The van der Waals surface area contributed by atoms with Crippen molar-refractivity contribution < 1.29 is 9.53 Å². The van der Waals surface area contributed by atoms with Crippen LogP contribution in [0.3, 0.4) is 0 Å². The monoisotopic (exact) mass is 349 g/mol. The van der Waals surface area contributed by atoms with E-state index in [9.17, 15) is 4.79 Å². The molecule has 0 saturated carbocycles. The number of benzene rings is 2.